The maximum absolute atomic E-state index is 5.94. The zero-order valence-electron chi connectivity index (χ0n) is 16.0. The summed E-state index contributed by atoms with van der Waals surface area (Å²) in [6, 6.07) is 8.13. The molecule has 0 atom stereocenters. The van der Waals surface area contributed by atoms with Crippen molar-refractivity contribution in [1.29, 1.82) is 0 Å². The Morgan fingerprint density at radius 2 is 2.00 bits per heavy atom. The Balaban J connectivity index is 0.00000261. The lowest BCUT2D eigenvalue weighted by Gasteiger charge is -2.11. The monoisotopic (exact) mass is 498 g/mol. The molecule has 0 amide bonds. The molecular formula is C20H27IN4OS. The summed E-state index contributed by atoms with van der Waals surface area (Å²) in [6.07, 6.45) is 3.26. The van der Waals surface area contributed by atoms with E-state index in [2.05, 4.69) is 39.0 Å². The number of nitrogens with zero attached hydrogens (tertiary/aromatic N) is 2. The topological polar surface area (TPSA) is 62.5 Å². The number of aryl methyl sites for hydroxylation is 3. The third-order valence-electron chi connectivity index (χ3n) is 4.36. The number of unbranched alkanes of at least 4 members (excludes halogenated alkanes) is 1. The summed E-state index contributed by atoms with van der Waals surface area (Å²) in [5.74, 6) is 1.75. The van der Waals surface area contributed by atoms with Crippen molar-refractivity contribution in [2.75, 3.05) is 13.6 Å². The van der Waals surface area contributed by atoms with Crippen LogP contribution in [0, 0.1) is 13.8 Å². The molecule has 146 valence electrons. The van der Waals surface area contributed by atoms with Gasteiger partial charge in [-0.1, -0.05) is 18.2 Å². The molecular weight excluding hydrogens is 471 g/mol. The van der Waals surface area contributed by atoms with Crippen molar-refractivity contribution in [2.45, 2.75) is 39.7 Å². The van der Waals surface area contributed by atoms with Gasteiger partial charge in [0.1, 0.15) is 11.3 Å². The lowest BCUT2D eigenvalue weighted by molar-refractivity contribution is 0.534. The summed E-state index contributed by atoms with van der Waals surface area (Å²) in [5, 5.41) is 11.2. The number of hydrogen-bond acceptors (Lipinski definition) is 4. The van der Waals surface area contributed by atoms with Gasteiger partial charge in [0.15, 0.2) is 5.96 Å². The highest BCUT2D eigenvalue weighted by molar-refractivity contribution is 14.0. The van der Waals surface area contributed by atoms with E-state index in [1.807, 2.05) is 25.1 Å². The molecule has 3 aromatic rings. The number of benzene rings is 1. The van der Waals surface area contributed by atoms with E-state index >= 15 is 0 Å². The number of aromatic nitrogens is 1. The largest absolute Gasteiger partial charge is 0.459 e. The Morgan fingerprint density at radius 1 is 1.19 bits per heavy atom. The van der Waals surface area contributed by atoms with Crippen molar-refractivity contribution in [3.63, 3.8) is 0 Å². The number of nitrogens with one attached hydrogen (secondary N) is 2. The SMILES string of the molecule is CN=C(NCCCCc1nc(C)cs1)NCc1oc2ccccc2c1C.I. The number of thiazole rings is 1. The molecule has 3 rings (SSSR count). The van der Waals surface area contributed by atoms with E-state index in [9.17, 15) is 0 Å². The predicted octanol–water partition coefficient (Wildman–Crippen LogP) is 4.81. The molecule has 0 radical (unpaired) electrons. The molecule has 27 heavy (non-hydrogen) atoms. The van der Waals surface area contributed by atoms with Crippen LogP contribution in [0.15, 0.2) is 39.1 Å². The van der Waals surface area contributed by atoms with Gasteiger partial charge in [-0.15, -0.1) is 35.3 Å². The van der Waals surface area contributed by atoms with Gasteiger partial charge < -0.3 is 15.1 Å². The molecule has 0 saturated heterocycles. The first-order chi connectivity index (χ1) is 12.7. The molecule has 0 fully saturated rings. The molecule has 0 unspecified atom stereocenters. The standard InChI is InChI=1S/C20H26N4OS.HI/c1-14-13-26-19(24-14)10-6-7-11-22-20(21-3)23-12-18-15(2)16-8-4-5-9-17(16)25-18;/h4-5,8-9,13H,6-7,10-12H2,1-3H3,(H2,21,22,23);1H. The number of fused-ring (bicyclic) bond motifs is 1. The maximum Gasteiger partial charge on any atom is 0.191 e. The molecule has 7 heteroatoms. The van der Waals surface area contributed by atoms with Crippen molar-refractivity contribution in [2.24, 2.45) is 4.99 Å². The lowest BCUT2D eigenvalue weighted by Crippen LogP contribution is -2.37. The molecule has 1 aromatic carbocycles. The lowest BCUT2D eigenvalue weighted by atomic mass is 10.1. The first-order valence-corrected chi connectivity index (χ1v) is 9.88. The zero-order chi connectivity index (χ0) is 18.4. The molecule has 0 saturated carbocycles. The summed E-state index contributed by atoms with van der Waals surface area (Å²) in [6.45, 7) is 5.65. The van der Waals surface area contributed by atoms with E-state index in [1.165, 1.54) is 16.0 Å². The highest BCUT2D eigenvalue weighted by Gasteiger charge is 2.10. The van der Waals surface area contributed by atoms with Gasteiger partial charge in [-0.3, -0.25) is 4.99 Å². The Morgan fingerprint density at radius 3 is 2.70 bits per heavy atom. The molecule has 0 aliphatic carbocycles. The summed E-state index contributed by atoms with van der Waals surface area (Å²) in [7, 11) is 1.79. The van der Waals surface area contributed by atoms with Crippen LogP contribution in [0.1, 0.15) is 34.9 Å². The summed E-state index contributed by atoms with van der Waals surface area (Å²) in [5.41, 5.74) is 3.23. The number of rotatable bonds is 7. The quantitative estimate of drug-likeness (QED) is 0.212. The smallest absolute Gasteiger partial charge is 0.191 e. The normalized spacial score (nSPS) is 11.4. The van der Waals surface area contributed by atoms with Crippen LogP contribution in [0.2, 0.25) is 0 Å². The second-order valence-corrected chi connectivity index (χ2v) is 7.28. The van der Waals surface area contributed by atoms with Crippen LogP contribution in [0.25, 0.3) is 11.0 Å². The van der Waals surface area contributed by atoms with Gasteiger partial charge >= 0.3 is 0 Å². The van der Waals surface area contributed by atoms with Crippen LogP contribution in [-0.2, 0) is 13.0 Å². The molecule has 0 aliphatic rings. The Bertz CT molecular complexity index is 887. The van der Waals surface area contributed by atoms with Gasteiger partial charge in [0.05, 0.1) is 11.6 Å². The number of aliphatic imine (C=N–C) groups is 1. The van der Waals surface area contributed by atoms with Gasteiger partial charge in [0.25, 0.3) is 0 Å². The maximum atomic E-state index is 5.94. The number of hydrogen-bond donors (Lipinski definition) is 2. The van der Waals surface area contributed by atoms with Crippen molar-refractivity contribution < 1.29 is 4.42 Å². The number of furan rings is 1. The van der Waals surface area contributed by atoms with E-state index in [-0.39, 0.29) is 24.0 Å². The molecule has 5 nitrogen and oxygen atoms in total. The number of para-hydroxylation sites is 1. The molecule has 2 N–H and O–H groups in total. The third-order valence-corrected chi connectivity index (χ3v) is 5.39. The second kappa shape index (κ2) is 10.7. The molecule has 0 bridgehead atoms. The van der Waals surface area contributed by atoms with Gasteiger partial charge in [-0.25, -0.2) is 4.98 Å². The van der Waals surface area contributed by atoms with Crippen molar-refractivity contribution in [3.05, 3.63) is 51.7 Å². The van der Waals surface area contributed by atoms with Crippen LogP contribution in [0.4, 0.5) is 0 Å². The van der Waals surface area contributed by atoms with Gasteiger partial charge in [-0.2, -0.15) is 0 Å². The van der Waals surface area contributed by atoms with E-state index in [0.717, 1.165) is 48.8 Å². The number of guanidine groups is 1. The van der Waals surface area contributed by atoms with Gasteiger partial charge in [-0.05, 0) is 39.2 Å². The highest BCUT2D eigenvalue weighted by Crippen LogP contribution is 2.24. The Hall–Kier alpha value is -1.61. The van der Waals surface area contributed by atoms with E-state index < -0.39 is 0 Å². The Labute approximate surface area is 181 Å². The fraction of sp³-hybridized carbons (Fsp3) is 0.400. The first-order valence-electron chi connectivity index (χ1n) is 9.00. The second-order valence-electron chi connectivity index (χ2n) is 6.34. The molecule has 2 heterocycles. The molecule has 0 spiro atoms. The van der Waals surface area contributed by atoms with Crippen molar-refractivity contribution in [3.8, 4) is 0 Å². The minimum absolute atomic E-state index is 0. The average Bonchev–Trinajstić information content (AvgIpc) is 3.21. The molecule has 2 aromatic heterocycles. The fourth-order valence-corrected chi connectivity index (χ4v) is 3.72. The zero-order valence-corrected chi connectivity index (χ0v) is 19.2. The van der Waals surface area contributed by atoms with Crippen LogP contribution >= 0.6 is 35.3 Å². The van der Waals surface area contributed by atoms with E-state index in [4.69, 9.17) is 4.42 Å². The van der Waals surface area contributed by atoms with Crippen LogP contribution in [0.5, 0.6) is 0 Å². The summed E-state index contributed by atoms with van der Waals surface area (Å²) >= 11 is 1.75. The Kier molecular flexibility index (Phi) is 8.56. The van der Waals surface area contributed by atoms with Crippen LogP contribution < -0.4 is 10.6 Å². The third kappa shape index (κ3) is 5.93. The van der Waals surface area contributed by atoms with Gasteiger partial charge in [0, 0.05) is 35.6 Å². The van der Waals surface area contributed by atoms with Crippen molar-refractivity contribution in [1.82, 2.24) is 15.6 Å². The van der Waals surface area contributed by atoms with Crippen molar-refractivity contribution >= 4 is 52.2 Å². The van der Waals surface area contributed by atoms with Gasteiger partial charge in [0.2, 0.25) is 0 Å². The van der Waals surface area contributed by atoms with E-state index in [0.29, 0.717) is 6.54 Å². The minimum atomic E-state index is 0. The van der Waals surface area contributed by atoms with Crippen LogP contribution in [-0.4, -0.2) is 24.5 Å². The van der Waals surface area contributed by atoms with E-state index in [1.54, 1.807) is 18.4 Å². The first kappa shape index (κ1) is 21.7. The minimum Gasteiger partial charge on any atom is -0.459 e. The number of halogens is 1. The fourth-order valence-electron chi connectivity index (χ4n) is 2.90. The predicted molar refractivity (Wildman–Crippen MR) is 124 cm³/mol. The highest BCUT2D eigenvalue weighted by atomic mass is 127. The molecule has 0 aliphatic heterocycles. The average molecular weight is 498 g/mol. The summed E-state index contributed by atoms with van der Waals surface area (Å²) < 4.78 is 5.94. The van der Waals surface area contributed by atoms with Crippen LogP contribution in [0.3, 0.4) is 0 Å². The summed E-state index contributed by atoms with van der Waals surface area (Å²) in [4.78, 5) is 8.79.